The molecule has 0 spiro atoms. The van der Waals surface area contributed by atoms with Crippen molar-refractivity contribution in [2.24, 2.45) is 13.0 Å². The lowest BCUT2D eigenvalue weighted by Gasteiger charge is -2.00. The average Bonchev–Trinajstić information content (AvgIpc) is 2.47. The summed E-state index contributed by atoms with van der Waals surface area (Å²) in [4.78, 5) is 0. The van der Waals surface area contributed by atoms with Crippen molar-refractivity contribution in [3.63, 3.8) is 0 Å². The Morgan fingerprint density at radius 1 is 1.83 bits per heavy atom. The predicted octanol–water partition coefficient (Wildman–Crippen LogP) is 1.07. The van der Waals surface area contributed by atoms with Gasteiger partial charge < -0.3 is 4.57 Å². The van der Waals surface area contributed by atoms with Crippen molar-refractivity contribution >= 4 is 11.8 Å². The standard InChI is InChI=1S/C7H10N4S/c1-6(3-8)4-12-7-10-9-5-11(7)2/h5-6H,4H2,1-2H3. The molecule has 0 saturated carbocycles. The van der Waals surface area contributed by atoms with Crippen LogP contribution in [-0.2, 0) is 7.05 Å². The van der Waals surface area contributed by atoms with E-state index in [-0.39, 0.29) is 5.92 Å². The van der Waals surface area contributed by atoms with E-state index in [1.807, 2.05) is 18.5 Å². The lowest BCUT2D eigenvalue weighted by molar-refractivity contribution is 0.781. The van der Waals surface area contributed by atoms with Crippen LogP contribution < -0.4 is 0 Å². The zero-order valence-electron chi connectivity index (χ0n) is 7.06. The van der Waals surface area contributed by atoms with Gasteiger partial charge in [-0.1, -0.05) is 11.8 Å². The van der Waals surface area contributed by atoms with Gasteiger partial charge in [-0.15, -0.1) is 10.2 Å². The third-order valence-corrected chi connectivity index (χ3v) is 2.65. The maximum absolute atomic E-state index is 8.53. The molecular weight excluding hydrogens is 172 g/mol. The van der Waals surface area contributed by atoms with Gasteiger partial charge >= 0.3 is 0 Å². The molecule has 1 atom stereocenters. The molecule has 0 aliphatic carbocycles. The molecule has 0 aromatic carbocycles. The van der Waals surface area contributed by atoms with Crippen molar-refractivity contribution in [1.82, 2.24) is 14.8 Å². The average molecular weight is 182 g/mol. The second-order valence-electron chi connectivity index (χ2n) is 2.57. The molecule has 1 unspecified atom stereocenters. The SMILES string of the molecule is CC(C#N)CSc1nncn1C. The summed E-state index contributed by atoms with van der Waals surface area (Å²) in [5.41, 5.74) is 0. The van der Waals surface area contributed by atoms with Crippen molar-refractivity contribution in [2.75, 3.05) is 5.75 Å². The maximum atomic E-state index is 8.53. The predicted molar refractivity (Wildman–Crippen MR) is 46.5 cm³/mol. The first kappa shape index (κ1) is 9.07. The minimum Gasteiger partial charge on any atom is -0.312 e. The molecule has 0 radical (unpaired) electrons. The Balaban J connectivity index is 2.44. The fourth-order valence-corrected chi connectivity index (χ4v) is 1.47. The smallest absolute Gasteiger partial charge is 0.190 e. The van der Waals surface area contributed by atoms with Crippen molar-refractivity contribution in [3.8, 4) is 6.07 Å². The first-order chi connectivity index (χ1) is 5.74. The monoisotopic (exact) mass is 182 g/mol. The summed E-state index contributed by atoms with van der Waals surface area (Å²) in [5.74, 6) is 0.829. The van der Waals surface area contributed by atoms with Crippen LogP contribution in [0.3, 0.4) is 0 Å². The Bertz CT molecular complexity index is 288. The number of aromatic nitrogens is 3. The van der Waals surface area contributed by atoms with Crippen LogP contribution in [0.15, 0.2) is 11.5 Å². The van der Waals surface area contributed by atoms with Gasteiger partial charge in [0.2, 0.25) is 0 Å². The minimum atomic E-state index is 0.0618. The Kier molecular flexibility index (Phi) is 3.11. The topological polar surface area (TPSA) is 54.5 Å². The van der Waals surface area contributed by atoms with Crippen molar-refractivity contribution in [2.45, 2.75) is 12.1 Å². The lowest BCUT2D eigenvalue weighted by atomic mass is 10.3. The molecule has 5 heteroatoms. The van der Waals surface area contributed by atoms with Gasteiger partial charge in [-0.2, -0.15) is 5.26 Å². The van der Waals surface area contributed by atoms with Crippen molar-refractivity contribution in [1.29, 1.82) is 5.26 Å². The highest BCUT2D eigenvalue weighted by Crippen LogP contribution is 2.16. The molecule has 0 N–H and O–H groups in total. The summed E-state index contributed by atoms with van der Waals surface area (Å²) in [6.45, 7) is 1.89. The molecule has 1 aromatic heterocycles. The molecule has 1 heterocycles. The van der Waals surface area contributed by atoms with Crippen LogP contribution >= 0.6 is 11.8 Å². The van der Waals surface area contributed by atoms with Gasteiger partial charge in [-0.3, -0.25) is 0 Å². The summed E-state index contributed by atoms with van der Waals surface area (Å²) < 4.78 is 1.84. The van der Waals surface area contributed by atoms with E-state index in [2.05, 4.69) is 16.3 Å². The molecule has 12 heavy (non-hydrogen) atoms. The summed E-state index contributed by atoms with van der Waals surface area (Å²) in [7, 11) is 1.89. The molecule has 0 amide bonds. The molecule has 0 aliphatic heterocycles. The molecule has 4 nitrogen and oxygen atoms in total. The van der Waals surface area contributed by atoms with E-state index in [1.165, 1.54) is 0 Å². The van der Waals surface area contributed by atoms with Gasteiger partial charge in [0.15, 0.2) is 5.16 Å². The highest BCUT2D eigenvalue weighted by atomic mass is 32.2. The molecule has 1 aromatic rings. The second kappa shape index (κ2) is 4.12. The van der Waals surface area contributed by atoms with E-state index in [9.17, 15) is 0 Å². The van der Waals surface area contributed by atoms with E-state index in [4.69, 9.17) is 5.26 Å². The molecule has 0 fully saturated rings. The summed E-state index contributed by atoms with van der Waals surface area (Å²) in [6, 6.07) is 2.17. The van der Waals surface area contributed by atoms with Crippen LogP contribution in [-0.4, -0.2) is 20.5 Å². The fraction of sp³-hybridized carbons (Fsp3) is 0.571. The third kappa shape index (κ3) is 2.24. The molecular formula is C7H10N4S. The minimum absolute atomic E-state index is 0.0618. The summed E-state index contributed by atoms with van der Waals surface area (Å²) in [5, 5.41) is 17.0. The van der Waals surface area contributed by atoms with Gasteiger partial charge in [0, 0.05) is 12.8 Å². The van der Waals surface area contributed by atoms with E-state index in [0.29, 0.717) is 0 Å². The molecule has 0 aliphatic rings. The van der Waals surface area contributed by atoms with E-state index in [1.54, 1.807) is 18.1 Å². The van der Waals surface area contributed by atoms with E-state index in [0.717, 1.165) is 10.9 Å². The van der Waals surface area contributed by atoms with Crippen LogP contribution in [0.2, 0.25) is 0 Å². The number of hydrogen-bond donors (Lipinski definition) is 0. The zero-order chi connectivity index (χ0) is 8.97. The van der Waals surface area contributed by atoms with Crippen LogP contribution in [0.4, 0.5) is 0 Å². The maximum Gasteiger partial charge on any atom is 0.190 e. The third-order valence-electron chi connectivity index (χ3n) is 1.35. The fourth-order valence-electron chi connectivity index (χ4n) is 0.640. The lowest BCUT2D eigenvalue weighted by Crippen LogP contribution is -1.96. The Morgan fingerprint density at radius 3 is 3.08 bits per heavy atom. The second-order valence-corrected chi connectivity index (χ2v) is 3.55. The largest absolute Gasteiger partial charge is 0.312 e. The molecule has 0 bridgehead atoms. The first-order valence-electron chi connectivity index (χ1n) is 3.60. The summed E-state index contributed by atoms with van der Waals surface area (Å²) in [6.07, 6.45) is 1.65. The normalized spacial score (nSPS) is 12.4. The highest BCUT2D eigenvalue weighted by Gasteiger charge is 2.04. The van der Waals surface area contributed by atoms with Crippen LogP contribution in [0.25, 0.3) is 0 Å². The van der Waals surface area contributed by atoms with Gasteiger partial charge in [0.1, 0.15) is 6.33 Å². The van der Waals surface area contributed by atoms with E-state index < -0.39 is 0 Å². The van der Waals surface area contributed by atoms with Crippen molar-refractivity contribution in [3.05, 3.63) is 6.33 Å². The quantitative estimate of drug-likeness (QED) is 0.656. The van der Waals surface area contributed by atoms with Crippen LogP contribution in [0.5, 0.6) is 0 Å². The van der Waals surface area contributed by atoms with Crippen LogP contribution in [0.1, 0.15) is 6.92 Å². The Morgan fingerprint density at radius 2 is 2.58 bits per heavy atom. The Labute approximate surface area is 75.6 Å². The number of nitriles is 1. The van der Waals surface area contributed by atoms with Crippen LogP contribution in [0, 0.1) is 17.2 Å². The van der Waals surface area contributed by atoms with Gasteiger partial charge in [-0.05, 0) is 6.92 Å². The number of hydrogen-bond acceptors (Lipinski definition) is 4. The number of nitrogens with zero attached hydrogens (tertiary/aromatic N) is 4. The van der Waals surface area contributed by atoms with Gasteiger partial charge in [0.05, 0.1) is 12.0 Å². The first-order valence-corrected chi connectivity index (χ1v) is 4.59. The molecule has 64 valence electrons. The van der Waals surface area contributed by atoms with Gasteiger partial charge in [0.25, 0.3) is 0 Å². The number of rotatable bonds is 3. The zero-order valence-corrected chi connectivity index (χ0v) is 7.88. The number of aryl methyl sites for hydroxylation is 1. The Hall–Kier alpha value is -1.02. The van der Waals surface area contributed by atoms with E-state index >= 15 is 0 Å². The summed E-state index contributed by atoms with van der Waals surface area (Å²) >= 11 is 1.55. The van der Waals surface area contributed by atoms with Crippen molar-refractivity contribution < 1.29 is 0 Å². The highest BCUT2D eigenvalue weighted by molar-refractivity contribution is 7.99. The molecule has 0 saturated heterocycles. The van der Waals surface area contributed by atoms with Gasteiger partial charge in [-0.25, -0.2) is 0 Å². The number of thioether (sulfide) groups is 1. The molecule has 1 rings (SSSR count).